The lowest BCUT2D eigenvalue weighted by Gasteiger charge is -2.14. The number of hydrogen-bond donors (Lipinski definition) is 1. The van der Waals surface area contributed by atoms with E-state index in [1.807, 2.05) is 19.3 Å². The summed E-state index contributed by atoms with van der Waals surface area (Å²) in [6.07, 6.45) is 2.71. The van der Waals surface area contributed by atoms with Gasteiger partial charge in [-0.2, -0.15) is 5.10 Å². The average Bonchev–Trinajstić information content (AvgIpc) is 3.10. The summed E-state index contributed by atoms with van der Waals surface area (Å²) in [5, 5.41) is 7.81. The summed E-state index contributed by atoms with van der Waals surface area (Å²) in [5.41, 5.74) is 1.85. The molecule has 0 radical (unpaired) electrons. The Hall–Kier alpha value is -2.37. The van der Waals surface area contributed by atoms with Gasteiger partial charge in [0.15, 0.2) is 5.96 Å². The molecule has 1 aromatic carbocycles. The predicted molar refractivity (Wildman–Crippen MR) is 80.2 cm³/mol. The van der Waals surface area contributed by atoms with Gasteiger partial charge in [-0.25, -0.2) is 9.07 Å². The van der Waals surface area contributed by atoms with Gasteiger partial charge in [0.2, 0.25) is 0 Å². The fourth-order valence-corrected chi connectivity index (χ4v) is 2.26. The van der Waals surface area contributed by atoms with Gasteiger partial charge < -0.3 is 10.2 Å². The van der Waals surface area contributed by atoms with Gasteiger partial charge in [-0.05, 0) is 30.3 Å². The molecule has 1 N–H and O–H groups in total. The van der Waals surface area contributed by atoms with Crippen LogP contribution in [0.4, 0.5) is 4.39 Å². The highest BCUT2D eigenvalue weighted by atomic mass is 19.1. The predicted octanol–water partition coefficient (Wildman–Crippen LogP) is 1.44. The number of aromatic nitrogens is 2. The summed E-state index contributed by atoms with van der Waals surface area (Å²) < 4.78 is 14.7. The molecule has 110 valence electrons. The van der Waals surface area contributed by atoms with Crippen LogP contribution in [0.1, 0.15) is 5.69 Å². The normalized spacial score (nSPS) is 14.4. The quantitative estimate of drug-likeness (QED) is 0.925. The van der Waals surface area contributed by atoms with Crippen LogP contribution in [0.15, 0.2) is 41.5 Å². The lowest BCUT2D eigenvalue weighted by Crippen LogP contribution is -2.36. The zero-order chi connectivity index (χ0) is 14.7. The summed E-state index contributed by atoms with van der Waals surface area (Å²) in [7, 11) is 2.03. The maximum Gasteiger partial charge on any atom is 0.193 e. The number of hydrogen-bond acceptors (Lipinski definition) is 4. The van der Waals surface area contributed by atoms with Gasteiger partial charge in [-0.15, -0.1) is 0 Å². The Kier molecular flexibility index (Phi) is 3.85. The Bertz CT molecular complexity index is 632. The van der Waals surface area contributed by atoms with Crippen molar-refractivity contribution in [2.75, 3.05) is 26.7 Å². The number of halogens is 1. The van der Waals surface area contributed by atoms with Crippen molar-refractivity contribution in [1.29, 1.82) is 0 Å². The first-order chi connectivity index (χ1) is 10.2. The molecule has 0 bridgehead atoms. The number of guanidine groups is 1. The zero-order valence-electron chi connectivity index (χ0n) is 12.0. The molecule has 0 aliphatic carbocycles. The fraction of sp³-hybridized carbons (Fsp3) is 0.333. The van der Waals surface area contributed by atoms with E-state index in [4.69, 9.17) is 0 Å². The lowest BCUT2D eigenvalue weighted by molar-refractivity contribution is 0.534. The zero-order valence-corrected chi connectivity index (χ0v) is 12.0. The van der Waals surface area contributed by atoms with Gasteiger partial charge in [0.25, 0.3) is 0 Å². The van der Waals surface area contributed by atoms with Crippen LogP contribution in [0.5, 0.6) is 0 Å². The van der Waals surface area contributed by atoms with Gasteiger partial charge >= 0.3 is 0 Å². The number of rotatable bonds is 4. The summed E-state index contributed by atoms with van der Waals surface area (Å²) in [6.45, 7) is 2.63. The molecule has 0 spiro atoms. The van der Waals surface area contributed by atoms with Crippen LogP contribution in [-0.4, -0.2) is 47.3 Å². The van der Waals surface area contributed by atoms with Gasteiger partial charge in [0.1, 0.15) is 5.82 Å². The Morgan fingerprint density at radius 1 is 1.24 bits per heavy atom. The topological polar surface area (TPSA) is 45.5 Å². The monoisotopic (exact) mass is 287 g/mol. The van der Waals surface area contributed by atoms with Crippen LogP contribution < -0.4 is 5.32 Å². The van der Waals surface area contributed by atoms with Crippen molar-refractivity contribution in [2.24, 2.45) is 4.99 Å². The number of benzene rings is 1. The maximum absolute atomic E-state index is 12.9. The third kappa shape index (κ3) is 3.21. The largest absolute Gasteiger partial charge is 0.356 e. The third-order valence-electron chi connectivity index (χ3n) is 3.46. The number of likely N-dealkylation sites (N-methyl/N-ethyl adjacent to an activating group) is 1. The molecule has 0 atom stereocenters. The Morgan fingerprint density at radius 2 is 2.05 bits per heavy atom. The van der Waals surface area contributed by atoms with Gasteiger partial charge in [-0.3, -0.25) is 4.99 Å². The van der Waals surface area contributed by atoms with E-state index in [0.717, 1.165) is 43.4 Å². The van der Waals surface area contributed by atoms with Crippen LogP contribution in [0.3, 0.4) is 0 Å². The summed E-state index contributed by atoms with van der Waals surface area (Å²) in [5.74, 6) is 0.713. The van der Waals surface area contributed by atoms with Crippen molar-refractivity contribution >= 4 is 5.96 Å². The minimum Gasteiger partial charge on any atom is -0.356 e. The third-order valence-corrected chi connectivity index (χ3v) is 3.46. The second-order valence-electron chi connectivity index (χ2n) is 5.03. The molecule has 1 aliphatic rings. The van der Waals surface area contributed by atoms with Crippen molar-refractivity contribution in [2.45, 2.75) is 6.42 Å². The smallest absolute Gasteiger partial charge is 0.193 e. The van der Waals surface area contributed by atoms with Crippen molar-refractivity contribution in [3.63, 3.8) is 0 Å². The fourth-order valence-electron chi connectivity index (χ4n) is 2.26. The highest BCUT2D eigenvalue weighted by Crippen LogP contribution is 2.09. The molecule has 0 saturated heterocycles. The van der Waals surface area contributed by atoms with E-state index in [0.29, 0.717) is 0 Å². The Balaban J connectivity index is 1.56. The van der Waals surface area contributed by atoms with Crippen molar-refractivity contribution in [1.82, 2.24) is 20.0 Å². The first-order valence-electron chi connectivity index (χ1n) is 7.02. The lowest BCUT2D eigenvalue weighted by atomic mass is 10.3. The standard InChI is InChI=1S/C15H18FN5/c1-20-11-9-18-15(20)17-8-6-13-7-10-21(19-13)14-4-2-12(16)3-5-14/h2-5,7,10H,6,8-9,11H2,1H3,(H,17,18). The molecule has 5 nitrogen and oxygen atoms in total. The van der Waals surface area contributed by atoms with E-state index in [9.17, 15) is 4.39 Å². The van der Waals surface area contributed by atoms with E-state index in [1.54, 1.807) is 16.8 Å². The van der Waals surface area contributed by atoms with Crippen molar-refractivity contribution in [3.05, 3.63) is 48.0 Å². The van der Waals surface area contributed by atoms with Crippen LogP contribution in [0, 0.1) is 5.82 Å². The van der Waals surface area contributed by atoms with Gasteiger partial charge in [0.05, 0.1) is 17.9 Å². The average molecular weight is 287 g/mol. The van der Waals surface area contributed by atoms with Crippen molar-refractivity contribution < 1.29 is 4.39 Å². The van der Waals surface area contributed by atoms with Gasteiger partial charge in [0, 0.05) is 32.8 Å². The molecule has 0 unspecified atom stereocenters. The van der Waals surface area contributed by atoms with Crippen LogP contribution in [0.2, 0.25) is 0 Å². The molecule has 1 aliphatic heterocycles. The minimum absolute atomic E-state index is 0.239. The highest BCUT2D eigenvalue weighted by molar-refractivity contribution is 5.81. The molecule has 0 fully saturated rings. The second-order valence-corrected chi connectivity index (χ2v) is 5.03. The van der Waals surface area contributed by atoms with E-state index in [2.05, 4.69) is 20.3 Å². The molecule has 3 rings (SSSR count). The Labute approximate surface area is 123 Å². The van der Waals surface area contributed by atoms with E-state index < -0.39 is 0 Å². The first kappa shape index (κ1) is 13.6. The Morgan fingerprint density at radius 3 is 2.76 bits per heavy atom. The molecule has 0 saturated carbocycles. The molecule has 21 heavy (non-hydrogen) atoms. The van der Waals surface area contributed by atoms with Crippen LogP contribution in [0.25, 0.3) is 5.69 Å². The summed E-state index contributed by atoms with van der Waals surface area (Å²) in [6, 6.07) is 8.28. The molecular formula is C15H18FN5. The SMILES string of the molecule is CN1CCN=C1NCCc1ccn(-c2ccc(F)cc2)n1. The molecule has 0 amide bonds. The highest BCUT2D eigenvalue weighted by Gasteiger charge is 2.11. The number of nitrogens with zero attached hydrogens (tertiary/aromatic N) is 4. The van der Waals surface area contributed by atoms with E-state index in [-0.39, 0.29) is 5.82 Å². The van der Waals surface area contributed by atoms with E-state index in [1.165, 1.54) is 12.1 Å². The first-order valence-corrected chi connectivity index (χ1v) is 7.02. The van der Waals surface area contributed by atoms with Gasteiger partial charge in [-0.1, -0.05) is 0 Å². The van der Waals surface area contributed by atoms with Crippen LogP contribution in [-0.2, 0) is 6.42 Å². The molecular weight excluding hydrogens is 269 g/mol. The molecule has 2 heterocycles. The maximum atomic E-state index is 12.9. The molecule has 1 aromatic heterocycles. The van der Waals surface area contributed by atoms with Crippen LogP contribution >= 0.6 is 0 Å². The number of aliphatic imine (C=N–C) groups is 1. The summed E-state index contributed by atoms with van der Waals surface area (Å²) in [4.78, 5) is 6.49. The molecule has 6 heteroatoms. The summed E-state index contributed by atoms with van der Waals surface area (Å²) >= 11 is 0. The second kappa shape index (κ2) is 5.95. The minimum atomic E-state index is -0.239. The van der Waals surface area contributed by atoms with Crippen molar-refractivity contribution in [3.8, 4) is 5.69 Å². The molecule has 2 aromatic rings. The van der Waals surface area contributed by atoms with E-state index >= 15 is 0 Å². The number of nitrogens with one attached hydrogen (secondary N) is 1.